The predicted molar refractivity (Wildman–Crippen MR) is 133 cm³/mol. The zero-order valence-corrected chi connectivity index (χ0v) is 19.6. The van der Waals surface area contributed by atoms with E-state index in [1.54, 1.807) is 6.07 Å². The van der Waals surface area contributed by atoms with E-state index in [2.05, 4.69) is 29.4 Å². The molecule has 3 aromatic heterocycles. The van der Waals surface area contributed by atoms with Crippen molar-refractivity contribution in [2.75, 3.05) is 44.3 Å². The number of ether oxygens (including phenoxy) is 1. The maximum absolute atomic E-state index is 13.5. The third-order valence-corrected chi connectivity index (χ3v) is 6.94. The van der Waals surface area contributed by atoms with Crippen molar-refractivity contribution in [3.63, 3.8) is 0 Å². The van der Waals surface area contributed by atoms with Crippen LogP contribution >= 0.6 is 11.3 Å². The van der Waals surface area contributed by atoms with Gasteiger partial charge in [0.05, 0.1) is 28.8 Å². The molecule has 1 aliphatic rings. The minimum absolute atomic E-state index is 0.175. The van der Waals surface area contributed by atoms with Crippen molar-refractivity contribution >= 4 is 49.1 Å². The zero-order valence-electron chi connectivity index (χ0n) is 18.8. The summed E-state index contributed by atoms with van der Waals surface area (Å²) in [5, 5.41) is 6.63. The van der Waals surface area contributed by atoms with Crippen LogP contribution in [0, 0.1) is 0 Å². The van der Waals surface area contributed by atoms with E-state index in [9.17, 15) is 9.59 Å². The summed E-state index contributed by atoms with van der Waals surface area (Å²) >= 11 is 1.44. The Bertz CT molecular complexity index is 1390. The maximum Gasteiger partial charge on any atom is 0.258 e. The molecule has 0 unspecified atom stereocenters. The minimum Gasteiger partial charge on any atom is -0.378 e. The van der Waals surface area contributed by atoms with Crippen LogP contribution in [0.5, 0.6) is 0 Å². The second kappa shape index (κ2) is 9.09. The standard InChI is InChI=1S/C24H27N5O3S/c1-15(2)25-9-10-26-23(31)20-21(30)16-7-8-19(28-11-13-32-14-12-28)27-22(16)29-17-5-3-4-6-18(17)33-24(20)29/h3-8,15,25H,9-14H2,1-2H3,(H,26,31). The fourth-order valence-corrected chi connectivity index (χ4v) is 5.35. The number of morpholine rings is 1. The van der Waals surface area contributed by atoms with Gasteiger partial charge in [0.2, 0.25) is 5.43 Å². The molecule has 1 saturated heterocycles. The number of pyridine rings is 2. The lowest BCUT2D eigenvalue weighted by molar-refractivity contribution is 0.0954. The Morgan fingerprint density at radius 2 is 1.94 bits per heavy atom. The Morgan fingerprint density at radius 3 is 2.73 bits per heavy atom. The highest BCUT2D eigenvalue weighted by Gasteiger charge is 2.23. The van der Waals surface area contributed by atoms with Crippen LogP contribution < -0.4 is 21.0 Å². The number of nitrogens with one attached hydrogen (secondary N) is 2. The first-order chi connectivity index (χ1) is 16.0. The smallest absolute Gasteiger partial charge is 0.258 e. The molecule has 0 saturated carbocycles. The summed E-state index contributed by atoms with van der Waals surface area (Å²) in [6, 6.07) is 11.9. The van der Waals surface area contributed by atoms with Crippen LogP contribution in [-0.4, -0.2) is 60.7 Å². The van der Waals surface area contributed by atoms with Crippen molar-refractivity contribution < 1.29 is 9.53 Å². The average molecular weight is 466 g/mol. The van der Waals surface area contributed by atoms with Crippen LogP contribution in [0.25, 0.3) is 26.1 Å². The van der Waals surface area contributed by atoms with E-state index >= 15 is 0 Å². The van der Waals surface area contributed by atoms with Gasteiger partial charge in [0.15, 0.2) is 5.65 Å². The number of hydrogen-bond donors (Lipinski definition) is 2. The van der Waals surface area contributed by atoms with Crippen LogP contribution in [0.15, 0.2) is 41.2 Å². The summed E-state index contributed by atoms with van der Waals surface area (Å²) in [6.07, 6.45) is 0. The molecule has 172 valence electrons. The Hall–Kier alpha value is -3.01. The lowest BCUT2D eigenvalue weighted by Gasteiger charge is -2.27. The summed E-state index contributed by atoms with van der Waals surface area (Å²) in [5.74, 6) is 0.458. The van der Waals surface area contributed by atoms with Crippen LogP contribution in [0.3, 0.4) is 0 Å². The van der Waals surface area contributed by atoms with E-state index in [0.717, 1.165) is 29.1 Å². The van der Waals surface area contributed by atoms with Gasteiger partial charge in [-0.2, -0.15) is 0 Å². The monoisotopic (exact) mass is 465 g/mol. The van der Waals surface area contributed by atoms with E-state index in [1.807, 2.05) is 34.7 Å². The zero-order chi connectivity index (χ0) is 22.9. The first-order valence-corrected chi connectivity index (χ1v) is 12.1. The SMILES string of the molecule is CC(C)NCCNC(=O)c1c(=O)c2ccc(N3CCOCC3)nc2n2c1sc1ccccc12. The molecule has 8 nitrogen and oxygen atoms in total. The number of thiazole rings is 1. The number of nitrogens with zero attached hydrogens (tertiary/aromatic N) is 3. The molecule has 33 heavy (non-hydrogen) atoms. The number of amides is 1. The lowest BCUT2D eigenvalue weighted by Crippen LogP contribution is -2.37. The van der Waals surface area contributed by atoms with E-state index in [4.69, 9.17) is 9.72 Å². The molecule has 1 amide bonds. The number of rotatable bonds is 6. The van der Waals surface area contributed by atoms with E-state index in [1.165, 1.54) is 11.3 Å². The van der Waals surface area contributed by atoms with Crippen LogP contribution in [0.1, 0.15) is 24.2 Å². The lowest BCUT2D eigenvalue weighted by atomic mass is 10.1. The molecule has 5 rings (SSSR count). The number of carbonyl (C=O) groups excluding carboxylic acids is 1. The van der Waals surface area contributed by atoms with E-state index < -0.39 is 0 Å². The maximum atomic E-state index is 13.5. The summed E-state index contributed by atoms with van der Waals surface area (Å²) in [5.41, 5.74) is 1.40. The largest absolute Gasteiger partial charge is 0.378 e. The number of benzene rings is 1. The van der Waals surface area contributed by atoms with Gasteiger partial charge in [-0.1, -0.05) is 26.0 Å². The summed E-state index contributed by atoms with van der Waals surface area (Å²) in [6.45, 7) is 8.01. The average Bonchev–Trinajstić information content (AvgIpc) is 3.21. The van der Waals surface area contributed by atoms with Gasteiger partial charge in [0, 0.05) is 32.2 Å². The van der Waals surface area contributed by atoms with Gasteiger partial charge < -0.3 is 20.3 Å². The highest BCUT2D eigenvalue weighted by atomic mass is 32.1. The number of hydrogen-bond acceptors (Lipinski definition) is 7. The van der Waals surface area contributed by atoms with Crippen LogP contribution in [-0.2, 0) is 4.74 Å². The molecule has 0 radical (unpaired) electrons. The molecule has 4 heterocycles. The highest BCUT2D eigenvalue weighted by Crippen LogP contribution is 2.31. The molecular weight excluding hydrogens is 438 g/mol. The minimum atomic E-state index is -0.353. The molecule has 9 heteroatoms. The second-order valence-electron chi connectivity index (χ2n) is 8.42. The van der Waals surface area contributed by atoms with Crippen molar-refractivity contribution in [1.29, 1.82) is 0 Å². The van der Waals surface area contributed by atoms with E-state index in [0.29, 0.717) is 48.2 Å². The predicted octanol–water partition coefficient (Wildman–Crippen LogP) is 2.63. The number of carbonyl (C=O) groups is 1. The van der Waals surface area contributed by atoms with Gasteiger partial charge in [-0.3, -0.25) is 14.0 Å². The van der Waals surface area contributed by atoms with Gasteiger partial charge in [0.1, 0.15) is 16.2 Å². The number of aromatic nitrogens is 2. The summed E-state index contributed by atoms with van der Waals surface area (Å²) in [7, 11) is 0. The van der Waals surface area contributed by atoms with Crippen molar-refractivity contribution in [2.45, 2.75) is 19.9 Å². The third-order valence-electron chi connectivity index (χ3n) is 5.80. The Morgan fingerprint density at radius 1 is 1.15 bits per heavy atom. The molecule has 4 aromatic rings. The van der Waals surface area contributed by atoms with Crippen LogP contribution in [0.2, 0.25) is 0 Å². The molecule has 2 N–H and O–H groups in total. The molecule has 0 aliphatic carbocycles. The van der Waals surface area contributed by atoms with Crippen LogP contribution in [0.4, 0.5) is 5.82 Å². The first kappa shape index (κ1) is 21.8. The Kier molecular flexibility index (Phi) is 6.01. The van der Waals surface area contributed by atoms with Crippen molar-refractivity contribution in [3.05, 3.63) is 52.2 Å². The van der Waals surface area contributed by atoms with Crippen molar-refractivity contribution in [3.8, 4) is 0 Å². The number of fused-ring (bicyclic) bond motifs is 5. The molecule has 0 atom stereocenters. The fourth-order valence-electron chi connectivity index (χ4n) is 4.17. The molecule has 1 aromatic carbocycles. The Labute approximate surface area is 195 Å². The quantitative estimate of drug-likeness (QED) is 0.426. The third kappa shape index (κ3) is 4.07. The molecule has 0 bridgehead atoms. The molecule has 1 fully saturated rings. The van der Waals surface area contributed by atoms with Gasteiger partial charge >= 0.3 is 0 Å². The Balaban J connectivity index is 1.67. The highest BCUT2D eigenvalue weighted by molar-refractivity contribution is 7.24. The number of anilines is 1. The normalized spacial score (nSPS) is 14.6. The van der Waals surface area contributed by atoms with Gasteiger partial charge in [-0.05, 0) is 24.3 Å². The van der Waals surface area contributed by atoms with Crippen molar-refractivity contribution in [2.24, 2.45) is 0 Å². The molecule has 0 spiro atoms. The molecular formula is C24H27N5O3S. The summed E-state index contributed by atoms with van der Waals surface area (Å²) < 4.78 is 8.43. The topological polar surface area (TPSA) is 88.0 Å². The first-order valence-electron chi connectivity index (χ1n) is 11.3. The van der Waals surface area contributed by atoms with Gasteiger partial charge in [-0.25, -0.2) is 4.98 Å². The van der Waals surface area contributed by atoms with Gasteiger partial charge in [-0.15, -0.1) is 11.3 Å². The summed E-state index contributed by atoms with van der Waals surface area (Å²) in [4.78, 5) is 34.4. The second-order valence-corrected chi connectivity index (χ2v) is 9.45. The van der Waals surface area contributed by atoms with Gasteiger partial charge in [0.25, 0.3) is 5.91 Å². The number of para-hydroxylation sites is 1. The van der Waals surface area contributed by atoms with E-state index in [-0.39, 0.29) is 16.9 Å². The van der Waals surface area contributed by atoms with Crippen molar-refractivity contribution in [1.82, 2.24) is 20.0 Å². The molecule has 1 aliphatic heterocycles. The fraction of sp³-hybridized carbons (Fsp3) is 0.375.